The number of ether oxygens (including phenoxy) is 1. The molecule has 2 rings (SSSR count). The molecule has 0 spiro atoms. The molecule has 1 heterocycles. The largest absolute Gasteiger partial charge is 0.465 e. The lowest BCUT2D eigenvalue weighted by Crippen LogP contribution is -2.53. The zero-order chi connectivity index (χ0) is 17.2. The summed E-state index contributed by atoms with van der Waals surface area (Å²) in [6, 6.07) is 5.24. The Labute approximate surface area is 137 Å². The Morgan fingerprint density at radius 2 is 2.09 bits per heavy atom. The minimum Gasteiger partial charge on any atom is -0.465 e. The zero-order valence-corrected chi connectivity index (χ0v) is 14.8. The monoisotopic (exact) mass is 340 g/mol. The van der Waals surface area contributed by atoms with E-state index in [2.05, 4.69) is 28.8 Å². The van der Waals surface area contributed by atoms with Crippen LogP contribution in [-0.4, -0.2) is 53.4 Å². The van der Waals surface area contributed by atoms with E-state index < -0.39 is 15.8 Å². The van der Waals surface area contributed by atoms with E-state index in [1.54, 1.807) is 12.1 Å². The van der Waals surface area contributed by atoms with Crippen molar-refractivity contribution in [2.75, 3.05) is 37.9 Å². The summed E-state index contributed by atoms with van der Waals surface area (Å²) >= 11 is 0. The third kappa shape index (κ3) is 4.03. The first kappa shape index (κ1) is 17.7. The van der Waals surface area contributed by atoms with Crippen LogP contribution in [0.5, 0.6) is 0 Å². The molecule has 7 heteroatoms. The van der Waals surface area contributed by atoms with Crippen LogP contribution in [0.1, 0.15) is 24.2 Å². The Morgan fingerprint density at radius 3 is 2.65 bits per heavy atom. The van der Waals surface area contributed by atoms with E-state index >= 15 is 0 Å². The number of carbonyl (C=O) groups is 1. The van der Waals surface area contributed by atoms with Crippen molar-refractivity contribution in [2.24, 2.45) is 5.92 Å². The number of anilines is 1. The molecule has 1 unspecified atom stereocenters. The molecule has 1 fully saturated rings. The van der Waals surface area contributed by atoms with Gasteiger partial charge < -0.3 is 15.0 Å². The Kier molecular flexibility index (Phi) is 5.31. The van der Waals surface area contributed by atoms with Gasteiger partial charge in [-0.15, -0.1) is 0 Å². The van der Waals surface area contributed by atoms with Gasteiger partial charge in [-0.2, -0.15) is 0 Å². The van der Waals surface area contributed by atoms with E-state index in [-0.39, 0.29) is 10.5 Å². The van der Waals surface area contributed by atoms with Crippen LogP contribution in [0, 0.1) is 5.92 Å². The molecule has 128 valence electrons. The molecule has 1 N–H and O–H groups in total. The molecule has 0 aromatic heterocycles. The fraction of sp³-hybridized carbons (Fsp3) is 0.562. The summed E-state index contributed by atoms with van der Waals surface area (Å²) in [4.78, 5) is 14.0. The van der Waals surface area contributed by atoms with Gasteiger partial charge in [0.05, 0.1) is 17.6 Å². The van der Waals surface area contributed by atoms with Crippen LogP contribution in [0.4, 0.5) is 5.69 Å². The number of carbonyl (C=O) groups excluding carboxylic acids is 1. The smallest absolute Gasteiger partial charge is 0.339 e. The summed E-state index contributed by atoms with van der Waals surface area (Å²) in [6.45, 7) is 6.76. The highest BCUT2D eigenvalue weighted by atomic mass is 32.2. The highest BCUT2D eigenvalue weighted by molar-refractivity contribution is 7.90. The van der Waals surface area contributed by atoms with Gasteiger partial charge in [0.25, 0.3) is 0 Å². The molecule has 6 nitrogen and oxygen atoms in total. The van der Waals surface area contributed by atoms with Crippen LogP contribution >= 0.6 is 0 Å². The van der Waals surface area contributed by atoms with Crippen molar-refractivity contribution in [3.05, 3.63) is 23.8 Å². The minimum atomic E-state index is -3.52. The van der Waals surface area contributed by atoms with Crippen molar-refractivity contribution in [1.29, 1.82) is 0 Å². The van der Waals surface area contributed by atoms with Gasteiger partial charge >= 0.3 is 5.97 Å². The second kappa shape index (κ2) is 6.88. The van der Waals surface area contributed by atoms with Gasteiger partial charge in [0.1, 0.15) is 0 Å². The van der Waals surface area contributed by atoms with Gasteiger partial charge in [-0.25, -0.2) is 13.2 Å². The van der Waals surface area contributed by atoms with Gasteiger partial charge in [-0.3, -0.25) is 0 Å². The first-order valence-electron chi connectivity index (χ1n) is 7.64. The maximum atomic E-state index is 12.0. The average Bonchev–Trinajstić information content (AvgIpc) is 2.52. The summed E-state index contributed by atoms with van der Waals surface area (Å²) in [5, 5.41) is 3.47. The first-order chi connectivity index (χ1) is 10.7. The third-order valence-corrected chi connectivity index (χ3v) is 5.28. The lowest BCUT2D eigenvalue weighted by molar-refractivity contribution is 0.0596. The van der Waals surface area contributed by atoms with Crippen LogP contribution in [-0.2, 0) is 14.6 Å². The minimum absolute atomic E-state index is 0.0153. The second-order valence-corrected chi connectivity index (χ2v) is 8.18. The highest BCUT2D eigenvalue weighted by Gasteiger charge is 2.25. The predicted molar refractivity (Wildman–Crippen MR) is 89.7 cm³/mol. The van der Waals surface area contributed by atoms with E-state index in [4.69, 9.17) is 0 Å². The van der Waals surface area contributed by atoms with Gasteiger partial charge in [-0.05, 0) is 24.1 Å². The van der Waals surface area contributed by atoms with E-state index in [9.17, 15) is 13.2 Å². The van der Waals surface area contributed by atoms with Crippen molar-refractivity contribution in [1.82, 2.24) is 5.32 Å². The number of methoxy groups -OCH3 is 1. The fourth-order valence-electron chi connectivity index (χ4n) is 2.75. The first-order valence-corrected chi connectivity index (χ1v) is 9.54. The summed E-state index contributed by atoms with van der Waals surface area (Å²) < 4.78 is 28.8. The number of esters is 1. The van der Waals surface area contributed by atoms with Crippen molar-refractivity contribution in [2.45, 2.75) is 24.8 Å². The van der Waals surface area contributed by atoms with Crippen LogP contribution in [0.2, 0.25) is 0 Å². The average molecular weight is 340 g/mol. The standard InChI is InChI=1S/C16H24N2O4S/c1-11(2)14-10-18(8-7-17-14)12-5-6-13(16(19)22-3)15(9-12)23(4,20)21/h5-6,9,11,14,17H,7-8,10H2,1-4H3. The van der Waals surface area contributed by atoms with E-state index in [0.717, 1.165) is 31.6 Å². The quantitative estimate of drug-likeness (QED) is 0.833. The molecular weight excluding hydrogens is 316 g/mol. The normalized spacial score (nSPS) is 19.0. The second-order valence-electron chi connectivity index (χ2n) is 6.19. The molecule has 23 heavy (non-hydrogen) atoms. The van der Waals surface area contributed by atoms with Crippen LogP contribution in [0.3, 0.4) is 0 Å². The van der Waals surface area contributed by atoms with Gasteiger partial charge in [0.2, 0.25) is 0 Å². The summed E-state index contributed by atoms with van der Waals surface area (Å²) in [6.07, 6.45) is 1.10. The summed E-state index contributed by atoms with van der Waals surface area (Å²) in [5.74, 6) is -0.154. The van der Waals surface area contributed by atoms with Crippen LogP contribution < -0.4 is 10.2 Å². The number of nitrogens with zero attached hydrogens (tertiary/aromatic N) is 1. The topological polar surface area (TPSA) is 75.7 Å². The van der Waals surface area contributed by atoms with E-state index in [0.29, 0.717) is 12.0 Å². The molecule has 1 aromatic rings. The zero-order valence-electron chi connectivity index (χ0n) is 14.0. The highest BCUT2D eigenvalue weighted by Crippen LogP contribution is 2.25. The Morgan fingerprint density at radius 1 is 1.39 bits per heavy atom. The Balaban J connectivity index is 2.39. The maximum absolute atomic E-state index is 12.0. The van der Waals surface area contributed by atoms with Gasteiger partial charge in [0.15, 0.2) is 9.84 Å². The molecule has 1 aliphatic rings. The van der Waals surface area contributed by atoms with Gasteiger partial charge in [-0.1, -0.05) is 13.8 Å². The number of rotatable bonds is 4. The molecule has 1 saturated heterocycles. The molecule has 0 bridgehead atoms. The lowest BCUT2D eigenvalue weighted by atomic mass is 10.0. The summed E-state index contributed by atoms with van der Waals surface area (Å²) in [7, 11) is -2.28. The lowest BCUT2D eigenvalue weighted by Gasteiger charge is -2.37. The number of hydrogen-bond acceptors (Lipinski definition) is 6. The van der Waals surface area contributed by atoms with Crippen molar-refractivity contribution in [3.8, 4) is 0 Å². The molecule has 0 saturated carbocycles. The number of nitrogens with one attached hydrogen (secondary N) is 1. The molecule has 1 aromatic carbocycles. The number of piperazine rings is 1. The predicted octanol–water partition coefficient (Wildman–Crippen LogP) is 1.31. The Hall–Kier alpha value is -1.60. The number of sulfone groups is 1. The molecule has 1 aliphatic heterocycles. The maximum Gasteiger partial charge on any atom is 0.339 e. The van der Waals surface area contributed by atoms with Crippen LogP contribution in [0.15, 0.2) is 23.1 Å². The molecule has 1 atom stereocenters. The molecule has 0 aliphatic carbocycles. The Bertz CT molecular complexity index is 685. The van der Waals surface area contributed by atoms with Crippen molar-refractivity contribution in [3.63, 3.8) is 0 Å². The third-order valence-electron chi connectivity index (χ3n) is 4.15. The molecule has 0 radical (unpaired) electrons. The van der Waals surface area contributed by atoms with Crippen molar-refractivity contribution >= 4 is 21.5 Å². The molecular formula is C16H24N2O4S. The van der Waals surface area contributed by atoms with Gasteiger partial charge in [0, 0.05) is 37.6 Å². The summed E-state index contributed by atoms with van der Waals surface area (Å²) in [5.41, 5.74) is 0.888. The number of hydrogen-bond donors (Lipinski definition) is 1. The van der Waals surface area contributed by atoms with E-state index in [1.807, 2.05) is 0 Å². The fourth-order valence-corrected chi connectivity index (χ4v) is 3.64. The number of benzene rings is 1. The molecule has 0 amide bonds. The van der Waals surface area contributed by atoms with Crippen LogP contribution in [0.25, 0.3) is 0 Å². The van der Waals surface area contributed by atoms with E-state index in [1.165, 1.54) is 13.2 Å². The van der Waals surface area contributed by atoms with Crippen molar-refractivity contribution < 1.29 is 17.9 Å². The SMILES string of the molecule is COC(=O)c1ccc(N2CCNC(C(C)C)C2)cc1S(C)(=O)=O.